The Morgan fingerprint density at radius 1 is 1.11 bits per heavy atom. The molecule has 0 unspecified atom stereocenters. The predicted octanol–water partition coefficient (Wildman–Crippen LogP) is 4.81. The Morgan fingerprint density at radius 3 is 2.70 bits per heavy atom. The number of amides is 1. The molecule has 0 N–H and O–H groups in total. The number of anilines is 1. The van der Waals surface area contributed by atoms with Crippen molar-refractivity contribution in [3.05, 3.63) is 78.3 Å². The van der Waals surface area contributed by atoms with Crippen LogP contribution in [0.5, 0.6) is 5.75 Å². The van der Waals surface area contributed by atoms with Crippen LogP contribution in [0.1, 0.15) is 11.3 Å². The van der Waals surface area contributed by atoms with Crippen LogP contribution in [-0.4, -0.2) is 17.5 Å². The Labute approximate surface area is 160 Å². The van der Waals surface area contributed by atoms with Crippen LogP contribution in [0.25, 0.3) is 10.2 Å². The highest BCUT2D eigenvalue weighted by molar-refractivity contribution is 7.22. The number of aryl methyl sites for hydroxylation is 1. The molecule has 0 spiro atoms. The lowest BCUT2D eigenvalue weighted by Crippen LogP contribution is -2.34. The molecule has 2 heterocycles. The Kier molecular flexibility index (Phi) is 4.89. The monoisotopic (exact) mass is 378 g/mol. The summed E-state index contributed by atoms with van der Waals surface area (Å²) in [4.78, 5) is 19.2. The van der Waals surface area contributed by atoms with Gasteiger partial charge in [-0.1, -0.05) is 41.7 Å². The lowest BCUT2D eigenvalue weighted by Gasteiger charge is -2.19. The minimum Gasteiger partial charge on any atom is -0.484 e. The number of ether oxygens (including phenoxy) is 1. The predicted molar refractivity (Wildman–Crippen MR) is 106 cm³/mol. The number of fused-ring (bicyclic) bond motifs is 1. The molecule has 4 rings (SSSR count). The average Bonchev–Trinajstić information content (AvgIpc) is 3.35. The van der Waals surface area contributed by atoms with E-state index in [1.54, 1.807) is 17.2 Å². The Morgan fingerprint density at radius 2 is 1.96 bits per heavy atom. The molecule has 0 fully saturated rings. The number of hydrogen-bond acceptors (Lipinski definition) is 5. The summed E-state index contributed by atoms with van der Waals surface area (Å²) < 4.78 is 12.1. The summed E-state index contributed by atoms with van der Waals surface area (Å²) in [6.07, 6.45) is 1.60. The first-order valence-electron chi connectivity index (χ1n) is 8.57. The van der Waals surface area contributed by atoms with Crippen molar-refractivity contribution in [1.29, 1.82) is 0 Å². The van der Waals surface area contributed by atoms with E-state index in [-0.39, 0.29) is 12.5 Å². The second-order valence-electron chi connectivity index (χ2n) is 6.08. The fraction of sp³-hybridized carbons (Fsp3) is 0.143. The SMILES string of the molecule is Cc1cccc2sc(N(Cc3ccco3)C(=O)COc3ccccc3)nc12. The van der Waals surface area contributed by atoms with E-state index in [0.717, 1.165) is 15.8 Å². The van der Waals surface area contributed by atoms with Gasteiger partial charge in [0.25, 0.3) is 5.91 Å². The Balaban J connectivity index is 1.61. The molecule has 0 aliphatic heterocycles. The molecule has 2 aromatic carbocycles. The molecule has 4 aromatic rings. The third-order valence-electron chi connectivity index (χ3n) is 4.14. The smallest absolute Gasteiger partial charge is 0.267 e. The highest BCUT2D eigenvalue weighted by Gasteiger charge is 2.22. The summed E-state index contributed by atoms with van der Waals surface area (Å²) >= 11 is 1.49. The van der Waals surface area contributed by atoms with Crippen LogP contribution >= 0.6 is 11.3 Å². The van der Waals surface area contributed by atoms with E-state index in [0.29, 0.717) is 23.2 Å². The number of para-hydroxylation sites is 2. The molecule has 136 valence electrons. The van der Waals surface area contributed by atoms with Crippen LogP contribution in [0, 0.1) is 6.92 Å². The standard InChI is InChI=1S/C21H18N2O3S/c1-15-7-5-11-18-20(15)22-21(27-18)23(13-17-10-6-12-25-17)19(24)14-26-16-8-3-2-4-9-16/h2-12H,13-14H2,1H3. The van der Waals surface area contributed by atoms with Crippen LogP contribution < -0.4 is 9.64 Å². The quantitative estimate of drug-likeness (QED) is 0.483. The fourth-order valence-electron chi connectivity index (χ4n) is 2.75. The number of thiazole rings is 1. The van der Waals surface area contributed by atoms with Crippen molar-refractivity contribution < 1.29 is 13.9 Å². The van der Waals surface area contributed by atoms with Crippen LogP contribution in [0.2, 0.25) is 0 Å². The number of benzene rings is 2. The van der Waals surface area contributed by atoms with Gasteiger partial charge >= 0.3 is 0 Å². The van der Waals surface area contributed by atoms with Gasteiger partial charge in [0.15, 0.2) is 11.7 Å². The highest BCUT2D eigenvalue weighted by atomic mass is 32.1. The van der Waals surface area contributed by atoms with Crippen molar-refractivity contribution in [2.24, 2.45) is 0 Å². The van der Waals surface area contributed by atoms with Crippen molar-refractivity contribution in [3.63, 3.8) is 0 Å². The van der Waals surface area contributed by atoms with Crippen molar-refractivity contribution in [2.75, 3.05) is 11.5 Å². The number of furan rings is 1. The molecule has 6 heteroatoms. The normalized spacial score (nSPS) is 10.9. The van der Waals surface area contributed by atoms with Gasteiger partial charge in [-0.05, 0) is 42.8 Å². The first-order chi connectivity index (χ1) is 13.2. The van der Waals surface area contributed by atoms with E-state index in [1.807, 2.05) is 61.5 Å². The maximum Gasteiger partial charge on any atom is 0.267 e. The van der Waals surface area contributed by atoms with Gasteiger partial charge in [-0.2, -0.15) is 0 Å². The lowest BCUT2D eigenvalue weighted by atomic mass is 10.2. The van der Waals surface area contributed by atoms with Crippen LogP contribution in [-0.2, 0) is 11.3 Å². The van der Waals surface area contributed by atoms with E-state index >= 15 is 0 Å². The molecular weight excluding hydrogens is 360 g/mol. The van der Waals surface area contributed by atoms with Crippen molar-refractivity contribution in [3.8, 4) is 5.75 Å². The van der Waals surface area contributed by atoms with Gasteiger partial charge in [-0.15, -0.1) is 0 Å². The zero-order chi connectivity index (χ0) is 18.6. The third-order valence-corrected chi connectivity index (χ3v) is 5.18. The van der Waals surface area contributed by atoms with Crippen molar-refractivity contribution in [2.45, 2.75) is 13.5 Å². The zero-order valence-electron chi connectivity index (χ0n) is 14.8. The van der Waals surface area contributed by atoms with Gasteiger partial charge in [-0.25, -0.2) is 4.98 Å². The van der Waals surface area contributed by atoms with E-state index in [4.69, 9.17) is 14.1 Å². The first-order valence-corrected chi connectivity index (χ1v) is 9.39. The van der Waals surface area contributed by atoms with E-state index in [2.05, 4.69) is 0 Å². The first kappa shape index (κ1) is 17.3. The topological polar surface area (TPSA) is 55.6 Å². The van der Waals surface area contributed by atoms with Gasteiger partial charge in [0.2, 0.25) is 0 Å². The van der Waals surface area contributed by atoms with Gasteiger partial charge in [0, 0.05) is 0 Å². The summed E-state index contributed by atoms with van der Waals surface area (Å²) in [7, 11) is 0. The van der Waals surface area contributed by atoms with Gasteiger partial charge in [0.05, 0.1) is 23.0 Å². The number of aromatic nitrogens is 1. The van der Waals surface area contributed by atoms with E-state index < -0.39 is 0 Å². The second-order valence-corrected chi connectivity index (χ2v) is 7.09. The third kappa shape index (κ3) is 3.85. The van der Waals surface area contributed by atoms with E-state index in [1.165, 1.54) is 11.3 Å². The molecule has 0 atom stereocenters. The largest absolute Gasteiger partial charge is 0.484 e. The molecule has 0 aliphatic carbocycles. The molecule has 0 aliphatic rings. The summed E-state index contributed by atoms with van der Waals surface area (Å²) in [6.45, 7) is 2.26. The molecule has 0 saturated heterocycles. The molecule has 0 radical (unpaired) electrons. The van der Waals surface area contributed by atoms with Crippen LogP contribution in [0.3, 0.4) is 0 Å². The molecule has 0 saturated carbocycles. The van der Waals surface area contributed by atoms with Gasteiger partial charge in [0.1, 0.15) is 11.5 Å². The molecule has 27 heavy (non-hydrogen) atoms. The summed E-state index contributed by atoms with van der Waals surface area (Å²) in [5, 5.41) is 0.636. The molecule has 5 nitrogen and oxygen atoms in total. The highest BCUT2D eigenvalue weighted by Crippen LogP contribution is 2.31. The maximum absolute atomic E-state index is 12.9. The number of hydrogen-bond donors (Lipinski definition) is 0. The second kappa shape index (κ2) is 7.63. The summed E-state index contributed by atoms with van der Waals surface area (Å²) in [5.41, 5.74) is 2.00. The fourth-order valence-corrected chi connectivity index (χ4v) is 3.81. The number of carbonyl (C=O) groups is 1. The molecule has 2 aromatic heterocycles. The average molecular weight is 378 g/mol. The van der Waals surface area contributed by atoms with Crippen molar-refractivity contribution in [1.82, 2.24) is 4.98 Å². The molecule has 1 amide bonds. The Hall–Kier alpha value is -3.12. The molecule has 0 bridgehead atoms. The van der Waals surface area contributed by atoms with E-state index in [9.17, 15) is 4.79 Å². The minimum atomic E-state index is -0.174. The van der Waals surface area contributed by atoms with Crippen LogP contribution in [0.4, 0.5) is 5.13 Å². The summed E-state index contributed by atoms with van der Waals surface area (Å²) in [6, 6.07) is 19.0. The lowest BCUT2D eigenvalue weighted by molar-refractivity contribution is -0.120. The van der Waals surface area contributed by atoms with Gasteiger partial charge < -0.3 is 9.15 Å². The van der Waals surface area contributed by atoms with Crippen LogP contribution in [0.15, 0.2) is 71.3 Å². The van der Waals surface area contributed by atoms with Gasteiger partial charge in [-0.3, -0.25) is 9.69 Å². The summed E-state index contributed by atoms with van der Waals surface area (Å²) in [5.74, 6) is 1.18. The Bertz CT molecular complexity index is 1040. The number of carbonyl (C=O) groups excluding carboxylic acids is 1. The number of rotatable bonds is 6. The van der Waals surface area contributed by atoms with Crippen molar-refractivity contribution >= 4 is 32.6 Å². The molecular formula is C21H18N2O3S. The number of nitrogens with zero attached hydrogens (tertiary/aromatic N) is 2. The maximum atomic E-state index is 12.9. The zero-order valence-corrected chi connectivity index (χ0v) is 15.6. The minimum absolute atomic E-state index is 0.0698.